The maximum Gasteiger partial charge on any atom is 0.257 e. The van der Waals surface area contributed by atoms with Crippen molar-refractivity contribution < 1.29 is 9.18 Å². The minimum absolute atomic E-state index is 0.197. The molecule has 0 atom stereocenters. The third kappa shape index (κ3) is 3.24. The lowest BCUT2D eigenvalue weighted by Crippen LogP contribution is -2.16. The van der Waals surface area contributed by atoms with Gasteiger partial charge in [-0.15, -0.1) is 0 Å². The highest BCUT2D eigenvalue weighted by atomic mass is 79.9. The van der Waals surface area contributed by atoms with E-state index in [1.165, 1.54) is 12.1 Å². The zero-order valence-electron chi connectivity index (χ0n) is 12.1. The summed E-state index contributed by atoms with van der Waals surface area (Å²) < 4.78 is 14.7. The predicted molar refractivity (Wildman–Crippen MR) is 87.5 cm³/mol. The number of hydrogen-bond acceptors (Lipinski definition) is 2. The van der Waals surface area contributed by atoms with Gasteiger partial charge in [-0.3, -0.25) is 4.79 Å². The fourth-order valence-electron chi connectivity index (χ4n) is 2.26. The average molecular weight is 351 g/mol. The van der Waals surface area contributed by atoms with Crippen molar-refractivity contribution in [1.29, 1.82) is 0 Å². The number of amides is 1. The van der Waals surface area contributed by atoms with Crippen molar-refractivity contribution in [2.45, 2.75) is 13.8 Å². The van der Waals surface area contributed by atoms with E-state index in [1.807, 2.05) is 26.0 Å². The number of nitrogens with one attached hydrogen (secondary N) is 2. The van der Waals surface area contributed by atoms with Gasteiger partial charge in [0.1, 0.15) is 5.82 Å². The smallest absolute Gasteiger partial charge is 0.257 e. The molecule has 0 aromatic heterocycles. The van der Waals surface area contributed by atoms with Crippen molar-refractivity contribution in [3.05, 3.63) is 57.3 Å². The molecule has 0 aliphatic carbocycles. The second-order valence-corrected chi connectivity index (χ2v) is 5.70. The quantitative estimate of drug-likeness (QED) is 0.855. The lowest BCUT2D eigenvalue weighted by molar-refractivity contribution is 0.102. The van der Waals surface area contributed by atoms with E-state index in [0.29, 0.717) is 0 Å². The average Bonchev–Trinajstić information content (AvgIpc) is 2.42. The number of rotatable bonds is 3. The number of aryl methyl sites for hydroxylation is 2. The molecule has 110 valence electrons. The molecular weight excluding hydrogens is 335 g/mol. The van der Waals surface area contributed by atoms with Crippen LogP contribution in [0.4, 0.5) is 15.8 Å². The summed E-state index contributed by atoms with van der Waals surface area (Å²) in [7, 11) is 1.59. The Balaban J connectivity index is 2.38. The Morgan fingerprint density at radius 1 is 1.14 bits per heavy atom. The van der Waals surface area contributed by atoms with Crippen LogP contribution in [0.3, 0.4) is 0 Å². The van der Waals surface area contributed by atoms with E-state index in [-0.39, 0.29) is 17.2 Å². The van der Waals surface area contributed by atoms with E-state index < -0.39 is 5.82 Å². The number of carbonyl (C=O) groups excluding carboxylic acids is 1. The van der Waals surface area contributed by atoms with E-state index in [2.05, 4.69) is 26.6 Å². The van der Waals surface area contributed by atoms with E-state index in [0.717, 1.165) is 21.3 Å². The summed E-state index contributed by atoms with van der Waals surface area (Å²) in [6.07, 6.45) is 0. The summed E-state index contributed by atoms with van der Waals surface area (Å²) in [5, 5.41) is 5.58. The second kappa shape index (κ2) is 6.26. The Morgan fingerprint density at radius 3 is 2.33 bits per heavy atom. The zero-order chi connectivity index (χ0) is 15.6. The monoisotopic (exact) mass is 350 g/mol. The van der Waals surface area contributed by atoms with Crippen LogP contribution in [-0.4, -0.2) is 13.0 Å². The van der Waals surface area contributed by atoms with Crippen LogP contribution in [0.25, 0.3) is 0 Å². The number of halogens is 2. The molecule has 0 radical (unpaired) electrons. The number of hydrogen-bond donors (Lipinski definition) is 2. The van der Waals surface area contributed by atoms with Gasteiger partial charge in [0, 0.05) is 17.2 Å². The third-order valence-electron chi connectivity index (χ3n) is 3.24. The molecule has 2 aromatic carbocycles. The molecule has 2 rings (SSSR count). The topological polar surface area (TPSA) is 41.1 Å². The van der Waals surface area contributed by atoms with Crippen LogP contribution in [0.1, 0.15) is 21.5 Å². The molecule has 0 fully saturated rings. The molecule has 1 amide bonds. The van der Waals surface area contributed by atoms with E-state index in [4.69, 9.17) is 0 Å². The number of para-hydroxylation sites is 1. The standard InChI is InChI=1S/C16H16BrFN2O/c1-9-7-11(17)8-10(2)14(9)20-16(21)12-5-4-6-13(18)15(12)19-3/h4-8,19H,1-3H3,(H,20,21). The normalized spacial score (nSPS) is 10.3. The van der Waals surface area contributed by atoms with Gasteiger partial charge in [0.25, 0.3) is 5.91 Å². The molecule has 3 nitrogen and oxygen atoms in total. The Labute approximate surface area is 131 Å². The van der Waals surface area contributed by atoms with Gasteiger partial charge >= 0.3 is 0 Å². The summed E-state index contributed by atoms with van der Waals surface area (Å²) in [5.74, 6) is -0.790. The number of carbonyl (C=O) groups is 1. The molecule has 0 saturated heterocycles. The first-order chi connectivity index (χ1) is 9.93. The van der Waals surface area contributed by atoms with Gasteiger partial charge in [-0.2, -0.15) is 0 Å². The molecule has 0 aliphatic rings. The molecule has 21 heavy (non-hydrogen) atoms. The van der Waals surface area contributed by atoms with Crippen molar-refractivity contribution in [3.63, 3.8) is 0 Å². The van der Waals surface area contributed by atoms with Crippen molar-refractivity contribution >= 4 is 33.2 Å². The van der Waals surface area contributed by atoms with E-state index in [9.17, 15) is 9.18 Å². The van der Waals surface area contributed by atoms with Crippen molar-refractivity contribution in [3.8, 4) is 0 Å². The predicted octanol–water partition coefficient (Wildman–Crippen LogP) is 4.50. The first-order valence-corrected chi connectivity index (χ1v) is 7.27. The van der Waals surface area contributed by atoms with Crippen LogP contribution < -0.4 is 10.6 Å². The van der Waals surface area contributed by atoms with Gasteiger partial charge in [-0.1, -0.05) is 22.0 Å². The molecule has 0 spiro atoms. The van der Waals surface area contributed by atoms with Crippen LogP contribution in [0.2, 0.25) is 0 Å². The fourth-order valence-corrected chi connectivity index (χ4v) is 2.94. The van der Waals surface area contributed by atoms with Crippen LogP contribution >= 0.6 is 15.9 Å². The highest BCUT2D eigenvalue weighted by molar-refractivity contribution is 9.10. The molecular formula is C16H16BrFN2O. The molecule has 2 aromatic rings. The first-order valence-electron chi connectivity index (χ1n) is 6.48. The minimum atomic E-state index is -0.450. The molecule has 2 N–H and O–H groups in total. The molecule has 0 unspecified atom stereocenters. The highest BCUT2D eigenvalue weighted by Crippen LogP contribution is 2.27. The van der Waals surface area contributed by atoms with E-state index >= 15 is 0 Å². The minimum Gasteiger partial charge on any atom is -0.385 e. The largest absolute Gasteiger partial charge is 0.385 e. The van der Waals surface area contributed by atoms with Crippen LogP contribution in [0.5, 0.6) is 0 Å². The van der Waals surface area contributed by atoms with Gasteiger partial charge in [0.2, 0.25) is 0 Å². The SMILES string of the molecule is CNc1c(F)cccc1C(=O)Nc1c(C)cc(Br)cc1C. The Kier molecular flexibility index (Phi) is 4.63. The van der Waals surface area contributed by atoms with Gasteiger partial charge in [-0.05, 0) is 49.2 Å². The van der Waals surface area contributed by atoms with Crippen LogP contribution in [0, 0.1) is 19.7 Å². The summed E-state index contributed by atoms with van der Waals surface area (Å²) in [6.45, 7) is 3.83. The van der Waals surface area contributed by atoms with Gasteiger partial charge in [0.15, 0.2) is 0 Å². The lowest BCUT2D eigenvalue weighted by Gasteiger charge is -2.14. The highest BCUT2D eigenvalue weighted by Gasteiger charge is 2.16. The van der Waals surface area contributed by atoms with Gasteiger partial charge < -0.3 is 10.6 Å². The third-order valence-corrected chi connectivity index (χ3v) is 3.70. The molecule has 0 saturated carbocycles. The van der Waals surface area contributed by atoms with Crippen molar-refractivity contribution in [2.75, 3.05) is 17.7 Å². The maximum absolute atomic E-state index is 13.7. The lowest BCUT2D eigenvalue weighted by atomic mass is 10.1. The van der Waals surface area contributed by atoms with Crippen molar-refractivity contribution in [2.24, 2.45) is 0 Å². The van der Waals surface area contributed by atoms with Crippen molar-refractivity contribution in [1.82, 2.24) is 0 Å². The maximum atomic E-state index is 13.7. The van der Waals surface area contributed by atoms with Gasteiger partial charge in [-0.25, -0.2) is 4.39 Å². The zero-order valence-corrected chi connectivity index (χ0v) is 13.6. The van der Waals surface area contributed by atoms with Gasteiger partial charge in [0.05, 0.1) is 11.3 Å². The molecule has 0 heterocycles. The number of anilines is 2. The summed E-state index contributed by atoms with van der Waals surface area (Å²) >= 11 is 3.42. The fraction of sp³-hybridized carbons (Fsp3) is 0.188. The molecule has 0 aliphatic heterocycles. The second-order valence-electron chi connectivity index (χ2n) is 4.78. The summed E-state index contributed by atoms with van der Waals surface area (Å²) in [6, 6.07) is 8.28. The summed E-state index contributed by atoms with van der Waals surface area (Å²) in [4.78, 5) is 12.4. The molecule has 0 bridgehead atoms. The van der Waals surface area contributed by atoms with E-state index in [1.54, 1.807) is 13.1 Å². The number of benzene rings is 2. The first kappa shape index (κ1) is 15.5. The van der Waals surface area contributed by atoms with Crippen LogP contribution in [-0.2, 0) is 0 Å². The summed E-state index contributed by atoms with van der Waals surface area (Å²) in [5.41, 5.74) is 3.10. The van der Waals surface area contributed by atoms with Crippen LogP contribution in [0.15, 0.2) is 34.8 Å². The Bertz CT molecular complexity index is 678. The molecule has 5 heteroatoms. The Morgan fingerprint density at radius 2 is 1.76 bits per heavy atom. The Hall–Kier alpha value is -1.88.